The minimum Gasteiger partial charge on any atom is -0.389 e. The predicted octanol–water partition coefficient (Wildman–Crippen LogP) is 5.30. The fourth-order valence-corrected chi connectivity index (χ4v) is 4.23. The highest BCUT2D eigenvalue weighted by atomic mass is 32.1. The summed E-state index contributed by atoms with van der Waals surface area (Å²) in [5, 5.41) is 14.1. The third-order valence-corrected chi connectivity index (χ3v) is 6.53. The second-order valence-corrected chi connectivity index (χ2v) is 10.6. The molecular formula is C24H30F7N5O3S. The smallest absolute Gasteiger partial charge is 0.389 e. The molecule has 40 heavy (non-hydrogen) atoms. The number of alkyl halides is 7. The van der Waals surface area contributed by atoms with Gasteiger partial charge in [0.2, 0.25) is 0 Å². The lowest BCUT2D eigenvalue weighted by Crippen LogP contribution is -2.38. The Bertz CT molecular complexity index is 1180. The van der Waals surface area contributed by atoms with Crippen LogP contribution in [0.3, 0.4) is 0 Å². The van der Waals surface area contributed by atoms with E-state index in [0.29, 0.717) is 17.4 Å². The molecule has 224 valence electrons. The highest BCUT2D eigenvalue weighted by molar-refractivity contribution is 7.17. The van der Waals surface area contributed by atoms with Crippen LogP contribution in [0.25, 0.3) is 10.4 Å². The summed E-state index contributed by atoms with van der Waals surface area (Å²) in [5.74, 6) is -2.22. The van der Waals surface area contributed by atoms with Gasteiger partial charge in [0.1, 0.15) is 17.7 Å². The van der Waals surface area contributed by atoms with Crippen molar-refractivity contribution in [2.45, 2.75) is 64.2 Å². The molecule has 0 aliphatic carbocycles. The lowest BCUT2D eigenvalue weighted by atomic mass is 10.1. The average Bonchev–Trinajstić information content (AvgIpc) is 3.28. The van der Waals surface area contributed by atoms with Crippen LogP contribution in [-0.2, 0) is 6.18 Å². The van der Waals surface area contributed by atoms with Crippen molar-refractivity contribution in [1.29, 1.82) is 0 Å². The van der Waals surface area contributed by atoms with Gasteiger partial charge in [0.05, 0.1) is 22.5 Å². The molecule has 1 atom stereocenters. The normalized spacial score (nSPS) is 13.2. The van der Waals surface area contributed by atoms with Crippen LogP contribution in [0.5, 0.6) is 0 Å². The van der Waals surface area contributed by atoms with Crippen LogP contribution in [0.4, 0.5) is 36.6 Å². The van der Waals surface area contributed by atoms with Crippen LogP contribution in [0.15, 0.2) is 12.3 Å². The zero-order chi connectivity index (χ0) is 30.5. The molecule has 0 spiro atoms. The number of carbonyl (C=O) groups is 2. The van der Waals surface area contributed by atoms with Crippen molar-refractivity contribution in [3.63, 3.8) is 0 Å². The Balaban J connectivity index is 2.56. The van der Waals surface area contributed by atoms with E-state index in [0.717, 1.165) is 11.1 Å². The molecule has 2 rings (SSSR count). The largest absolute Gasteiger partial charge is 0.417 e. The van der Waals surface area contributed by atoms with Crippen LogP contribution >= 0.6 is 11.3 Å². The number of aliphatic hydroxyl groups is 1. The molecule has 0 bridgehead atoms. The highest BCUT2D eigenvalue weighted by Crippen LogP contribution is 2.41. The first-order valence-corrected chi connectivity index (χ1v) is 12.9. The van der Waals surface area contributed by atoms with Gasteiger partial charge < -0.3 is 20.6 Å². The Morgan fingerprint density at radius 3 is 2.38 bits per heavy atom. The van der Waals surface area contributed by atoms with Crippen molar-refractivity contribution >= 4 is 29.0 Å². The Morgan fingerprint density at radius 2 is 1.82 bits per heavy atom. The number of hydrogen-bond donors (Lipinski definition) is 3. The summed E-state index contributed by atoms with van der Waals surface area (Å²) in [6, 6.07) is 0.506. The first-order valence-electron chi connectivity index (χ1n) is 12.1. The molecule has 8 nitrogen and oxygen atoms in total. The molecule has 3 N–H and O–H groups in total. The van der Waals surface area contributed by atoms with E-state index in [1.165, 1.54) is 20.9 Å². The third-order valence-electron chi connectivity index (χ3n) is 5.44. The summed E-state index contributed by atoms with van der Waals surface area (Å²) in [5.41, 5.74) is -3.78. The van der Waals surface area contributed by atoms with Gasteiger partial charge in [-0.05, 0) is 32.8 Å². The molecule has 16 heteroatoms. The first-order chi connectivity index (χ1) is 18.3. The van der Waals surface area contributed by atoms with Crippen molar-refractivity contribution in [2.75, 3.05) is 32.0 Å². The number of carbonyl (C=O) groups excluding carboxylic acids is 2. The Morgan fingerprint density at radius 1 is 1.18 bits per heavy atom. The van der Waals surface area contributed by atoms with E-state index in [1.54, 1.807) is 6.92 Å². The van der Waals surface area contributed by atoms with Crippen molar-refractivity contribution in [2.24, 2.45) is 0 Å². The van der Waals surface area contributed by atoms with E-state index in [9.17, 15) is 45.4 Å². The molecule has 2 aromatic heterocycles. The van der Waals surface area contributed by atoms with Crippen molar-refractivity contribution in [3.05, 3.63) is 28.5 Å². The van der Waals surface area contributed by atoms with Crippen LogP contribution in [0.1, 0.15) is 65.9 Å². The number of anilines is 1. The number of amides is 2. The zero-order valence-corrected chi connectivity index (χ0v) is 23.0. The third kappa shape index (κ3) is 9.87. The molecule has 0 aliphatic rings. The van der Waals surface area contributed by atoms with E-state index in [2.05, 4.69) is 20.6 Å². The quantitative estimate of drug-likeness (QED) is 0.285. The van der Waals surface area contributed by atoms with Gasteiger partial charge in [-0.3, -0.25) is 9.59 Å². The molecule has 2 amide bonds. The van der Waals surface area contributed by atoms with Crippen LogP contribution in [0.2, 0.25) is 0 Å². The van der Waals surface area contributed by atoms with E-state index in [1.807, 2.05) is 0 Å². The fourth-order valence-electron chi connectivity index (χ4n) is 3.24. The summed E-state index contributed by atoms with van der Waals surface area (Å²) in [6.07, 6.45) is -11.2. The fraction of sp³-hybridized carbons (Fsp3) is 0.583. The number of thiazole rings is 1. The summed E-state index contributed by atoms with van der Waals surface area (Å²) in [7, 11) is 1.30. The average molecular weight is 602 g/mol. The SMILES string of the molecule is CCC(F)CCN(C)C(=O)c1nc(C(=O)NCC(C)(C)O)sc1-c1cnc(NCCC(F)(F)F)cc1C(F)(F)F. The Labute approximate surface area is 230 Å². The number of rotatable bonds is 12. The Hall–Kier alpha value is -3.01. The predicted molar refractivity (Wildman–Crippen MR) is 135 cm³/mol. The van der Waals surface area contributed by atoms with Crippen LogP contribution < -0.4 is 10.6 Å². The standard InChI is InChI=1S/C24H30F7N5O3S/c1-5-13(25)6-9-36(4)21(38)17-18(40-20(35-17)19(37)34-12-22(2,3)39)14-11-33-16(10-15(14)24(29,30)31)32-8-7-23(26,27)28/h10-11,13,39H,5-9,12H2,1-4H3,(H,32,33)(H,34,37). The molecule has 0 aliphatic heterocycles. The van der Waals surface area contributed by atoms with Crippen LogP contribution in [0, 0.1) is 0 Å². The zero-order valence-electron chi connectivity index (χ0n) is 22.1. The van der Waals surface area contributed by atoms with E-state index in [4.69, 9.17) is 0 Å². The number of pyridine rings is 1. The molecule has 0 radical (unpaired) electrons. The summed E-state index contributed by atoms with van der Waals surface area (Å²) in [4.78, 5) is 34.4. The lowest BCUT2D eigenvalue weighted by molar-refractivity contribution is -0.137. The van der Waals surface area contributed by atoms with Crippen molar-refractivity contribution in [3.8, 4) is 10.4 Å². The summed E-state index contributed by atoms with van der Waals surface area (Å²) in [6.45, 7) is 3.39. The van der Waals surface area contributed by atoms with Crippen molar-refractivity contribution in [1.82, 2.24) is 20.2 Å². The van der Waals surface area contributed by atoms with Gasteiger partial charge in [-0.15, -0.1) is 11.3 Å². The molecule has 2 heterocycles. The van der Waals surface area contributed by atoms with Gasteiger partial charge in [-0.1, -0.05) is 6.92 Å². The Kier molecular flexibility index (Phi) is 10.9. The maximum Gasteiger partial charge on any atom is 0.417 e. The van der Waals surface area contributed by atoms with Gasteiger partial charge in [0, 0.05) is 38.4 Å². The van der Waals surface area contributed by atoms with Crippen LogP contribution in [-0.4, -0.2) is 76.4 Å². The lowest BCUT2D eigenvalue weighted by Gasteiger charge is -2.19. The maximum absolute atomic E-state index is 14.1. The maximum atomic E-state index is 14.1. The van der Waals surface area contributed by atoms with E-state index >= 15 is 0 Å². The topological polar surface area (TPSA) is 107 Å². The van der Waals surface area contributed by atoms with Gasteiger partial charge in [0.25, 0.3) is 11.8 Å². The second-order valence-electron chi connectivity index (χ2n) is 9.62. The number of nitrogens with one attached hydrogen (secondary N) is 2. The molecule has 0 fully saturated rings. The number of hydrogen-bond acceptors (Lipinski definition) is 7. The molecule has 2 aromatic rings. The second kappa shape index (κ2) is 13.1. The summed E-state index contributed by atoms with van der Waals surface area (Å²) < 4.78 is 93.4. The molecule has 0 aromatic carbocycles. The minimum absolute atomic E-state index is 0.0369. The molecule has 0 saturated heterocycles. The summed E-state index contributed by atoms with van der Waals surface area (Å²) >= 11 is 0.468. The number of aromatic nitrogens is 2. The van der Waals surface area contributed by atoms with Crippen molar-refractivity contribution < 1.29 is 45.4 Å². The first kappa shape index (κ1) is 33.2. The number of halogens is 7. The van der Waals surface area contributed by atoms with E-state index in [-0.39, 0.29) is 35.8 Å². The number of nitrogens with zero attached hydrogens (tertiary/aromatic N) is 3. The van der Waals surface area contributed by atoms with E-state index < -0.39 is 71.5 Å². The highest BCUT2D eigenvalue weighted by Gasteiger charge is 2.37. The van der Waals surface area contributed by atoms with Gasteiger partial charge in [-0.2, -0.15) is 26.3 Å². The molecule has 0 saturated carbocycles. The molecule has 1 unspecified atom stereocenters. The van der Waals surface area contributed by atoms with Gasteiger partial charge >= 0.3 is 12.4 Å². The minimum atomic E-state index is -5.03. The monoisotopic (exact) mass is 601 g/mol. The molecular weight excluding hydrogens is 571 g/mol. The van der Waals surface area contributed by atoms with Gasteiger partial charge in [-0.25, -0.2) is 14.4 Å². The van der Waals surface area contributed by atoms with Gasteiger partial charge in [0.15, 0.2) is 5.01 Å².